The maximum Gasteiger partial charge on any atom is 0.331 e. The average Bonchev–Trinajstić information content (AvgIpc) is 2.73. The van der Waals surface area contributed by atoms with Crippen LogP contribution in [0.15, 0.2) is 68.9 Å². The molecule has 0 radical (unpaired) electrons. The molecule has 3 rings (SSSR count). The first-order valence-electron chi connectivity index (χ1n) is 9.06. The van der Waals surface area contributed by atoms with Crippen LogP contribution in [0.2, 0.25) is 0 Å². The van der Waals surface area contributed by atoms with Crippen LogP contribution in [0.5, 0.6) is 11.8 Å². The number of nitrogens with zero attached hydrogens (tertiary/aromatic N) is 3. The van der Waals surface area contributed by atoms with Crippen LogP contribution in [-0.2, 0) is 13.1 Å². The predicted octanol–water partition coefficient (Wildman–Crippen LogP) is -0.255. The molecule has 0 aliphatic rings. The number of hydrogen-bond donors (Lipinski definition) is 4. The number of pyridine rings is 1. The summed E-state index contributed by atoms with van der Waals surface area (Å²) in [6.07, 6.45) is 4.04. The summed E-state index contributed by atoms with van der Waals surface area (Å²) >= 11 is 0. The second-order valence-electron chi connectivity index (χ2n) is 6.48. The SMILES string of the molecule is C=CCn1c(O)c(C(c2ccccn2)c2c(O)n(CC=C)c(=O)[nH]c2=O)c(=O)[nH]c1=O. The first-order chi connectivity index (χ1) is 14.8. The number of hydrogen-bond acceptors (Lipinski definition) is 7. The van der Waals surface area contributed by atoms with Gasteiger partial charge in [-0.2, -0.15) is 0 Å². The van der Waals surface area contributed by atoms with Gasteiger partial charge in [0.2, 0.25) is 11.8 Å². The molecule has 0 unspecified atom stereocenters. The zero-order chi connectivity index (χ0) is 22.7. The van der Waals surface area contributed by atoms with E-state index in [4.69, 9.17) is 0 Å². The maximum absolute atomic E-state index is 12.7. The molecule has 0 saturated heterocycles. The van der Waals surface area contributed by atoms with E-state index in [0.29, 0.717) is 0 Å². The van der Waals surface area contributed by atoms with Crippen molar-refractivity contribution in [2.24, 2.45) is 0 Å². The van der Waals surface area contributed by atoms with Crippen molar-refractivity contribution in [1.82, 2.24) is 24.1 Å². The Labute approximate surface area is 173 Å². The normalized spacial score (nSPS) is 10.9. The number of rotatable bonds is 7. The Bertz CT molecular complexity index is 1290. The van der Waals surface area contributed by atoms with Gasteiger partial charge in [0, 0.05) is 19.3 Å². The van der Waals surface area contributed by atoms with Gasteiger partial charge in [0.05, 0.1) is 22.7 Å². The van der Waals surface area contributed by atoms with Crippen LogP contribution in [0, 0.1) is 0 Å². The van der Waals surface area contributed by atoms with Crippen molar-refractivity contribution in [3.63, 3.8) is 0 Å². The van der Waals surface area contributed by atoms with Crippen molar-refractivity contribution in [3.05, 3.63) is 108 Å². The predicted molar refractivity (Wildman–Crippen MR) is 112 cm³/mol. The largest absolute Gasteiger partial charge is 0.494 e. The number of aromatic hydroxyl groups is 2. The number of H-pyrrole nitrogens is 2. The van der Waals surface area contributed by atoms with Gasteiger partial charge < -0.3 is 10.2 Å². The molecular weight excluding hydrogens is 406 g/mol. The third kappa shape index (κ3) is 3.75. The summed E-state index contributed by atoms with van der Waals surface area (Å²) in [5.41, 5.74) is -4.47. The van der Waals surface area contributed by atoms with Crippen molar-refractivity contribution in [1.29, 1.82) is 0 Å². The van der Waals surface area contributed by atoms with Gasteiger partial charge in [0.15, 0.2) is 0 Å². The number of nitrogens with one attached hydrogen (secondary N) is 2. The molecule has 0 atom stereocenters. The van der Waals surface area contributed by atoms with Gasteiger partial charge in [-0.05, 0) is 12.1 Å². The molecular formula is C20H19N5O6. The quantitative estimate of drug-likeness (QED) is 0.379. The van der Waals surface area contributed by atoms with E-state index in [-0.39, 0.29) is 18.8 Å². The molecule has 0 aliphatic carbocycles. The Morgan fingerprint density at radius 1 is 0.903 bits per heavy atom. The van der Waals surface area contributed by atoms with Crippen LogP contribution >= 0.6 is 0 Å². The Balaban J connectivity index is 2.48. The second-order valence-corrected chi connectivity index (χ2v) is 6.48. The van der Waals surface area contributed by atoms with Crippen LogP contribution in [0.25, 0.3) is 0 Å². The lowest BCUT2D eigenvalue weighted by Gasteiger charge is -2.20. The van der Waals surface area contributed by atoms with E-state index in [1.54, 1.807) is 12.1 Å². The monoisotopic (exact) mass is 425 g/mol. The van der Waals surface area contributed by atoms with Crippen LogP contribution in [0.3, 0.4) is 0 Å². The summed E-state index contributed by atoms with van der Waals surface area (Å²) < 4.78 is 1.68. The highest BCUT2D eigenvalue weighted by molar-refractivity contribution is 5.46. The molecule has 4 N–H and O–H groups in total. The minimum atomic E-state index is -1.41. The highest BCUT2D eigenvalue weighted by Gasteiger charge is 2.33. The standard InChI is InChI=1S/C20H19N5O6/c1-3-9-24-17(28)13(15(26)22-19(24)30)12(11-7-5-6-8-21-11)14-16(27)23-20(31)25(10-4-2)18(14)29/h3-8,12,28-29H,1-2,9-10H2,(H,22,26,30)(H,23,27,31). The summed E-state index contributed by atoms with van der Waals surface area (Å²) in [5.74, 6) is -2.88. The second kappa shape index (κ2) is 8.53. The molecule has 0 aromatic carbocycles. The molecule has 3 aromatic heterocycles. The summed E-state index contributed by atoms with van der Waals surface area (Å²) in [4.78, 5) is 58.1. The first kappa shape index (κ1) is 21.3. The molecule has 0 fully saturated rings. The first-order valence-corrected chi connectivity index (χ1v) is 9.06. The van der Waals surface area contributed by atoms with E-state index in [0.717, 1.165) is 9.13 Å². The highest BCUT2D eigenvalue weighted by atomic mass is 16.3. The summed E-state index contributed by atoms with van der Waals surface area (Å²) in [6, 6.07) is 4.63. The van der Waals surface area contributed by atoms with E-state index in [1.807, 2.05) is 0 Å². The fraction of sp³-hybridized carbons (Fsp3) is 0.150. The Morgan fingerprint density at radius 2 is 1.39 bits per heavy atom. The molecule has 0 amide bonds. The molecule has 0 saturated carbocycles. The van der Waals surface area contributed by atoms with Crippen LogP contribution in [-0.4, -0.2) is 34.3 Å². The molecule has 160 valence electrons. The lowest BCUT2D eigenvalue weighted by Crippen LogP contribution is -2.37. The van der Waals surface area contributed by atoms with Gasteiger partial charge in [-0.25, -0.2) is 9.59 Å². The summed E-state index contributed by atoms with van der Waals surface area (Å²) in [5, 5.41) is 21.5. The van der Waals surface area contributed by atoms with Crippen molar-refractivity contribution in [2.45, 2.75) is 19.0 Å². The van der Waals surface area contributed by atoms with Gasteiger partial charge >= 0.3 is 11.4 Å². The fourth-order valence-corrected chi connectivity index (χ4v) is 3.25. The van der Waals surface area contributed by atoms with Gasteiger partial charge in [-0.3, -0.25) is 33.7 Å². The summed E-state index contributed by atoms with van der Waals surface area (Å²) in [6.45, 7) is 6.73. The fourth-order valence-electron chi connectivity index (χ4n) is 3.25. The molecule has 3 heterocycles. The van der Waals surface area contributed by atoms with Crippen molar-refractivity contribution >= 4 is 0 Å². The van der Waals surface area contributed by atoms with Gasteiger partial charge in [-0.1, -0.05) is 18.2 Å². The Kier molecular flexibility index (Phi) is 5.86. The number of aromatic amines is 2. The van der Waals surface area contributed by atoms with E-state index < -0.39 is 51.3 Å². The molecule has 11 nitrogen and oxygen atoms in total. The van der Waals surface area contributed by atoms with Gasteiger partial charge in [-0.15, -0.1) is 13.2 Å². The van der Waals surface area contributed by atoms with E-state index in [2.05, 4.69) is 28.1 Å². The zero-order valence-electron chi connectivity index (χ0n) is 16.2. The van der Waals surface area contributed by atoms with Crippen molar-refractivity contribution < 1.29 is 10.2 Å². The number of allylic oxidation sites excluding steroid dienone is 2. The van der Waals surface area contributed by atoms with Crippen LogP contribution in [0.4, 0.5) is 0 Å². The molecule has 0 spiro atoms. The van der Waals surface area contributed by atoms with Gasteiger partial charge in [0.25, 0.3) is 11.1 Å². The minimum absolute atomic E-state index is 0.108. The number of aromatic nitrogens is 5. The molecule has 11 heteroatoms. The minimum Gasteiger partial charge on any atom is -0.494 e. The smallest absolute Gasteiger partial charge is 0.331 e. The Hall–Kier alpha value is -4.41. The van der Waals surface area contributed by atoms with Gasteiger partial charge in [0.1, 0.15) is 0 Å². The molecule has 0 bridgehead atoms. The third-order valence-electron chi connectivity index (χ3n) is 4.60. The lowest BCUT2D eigenvalue weighted by molar-refractivity contribution is 0.391. The van der Waals surface area contributed by atoms with Crippen molar-refractivity contribution in [3.8, 4) is 11.8 Å². The van der Waals surface area contributed by atoms with Crippen LogP contribution < -0.4 is 22.5 Å². The average molecular weight is 425 g/mol. The molecule has 31 heavy (non-hydrogen) atoms. The lowest BCUT2D eigenvalue weighted by atomic mass is 9.90. The molecule has 0 aliphatic heterocycles. The molecule has 3 aromatic rings. The third-order valence-corrected chi connectivity index (χ3v) is 4.60. The van der Waals surface area contributed by atoms with E-state index >= 15 is 0 Å². The van der Waals surface area contributed by atoms with Crippen LogP contribution in [0.1, 0.15) is 22.7 Å². The zero-order valence-corrected chi connectivity index (χ0v) is 16.2. The topological polar surface area (TPSA) is 163 Å². The van der Waals surface area contributed by atoms with E-state index in [9.17, 15) is 29.4 Å². The summed E-state index contributed by atoms with van der Waals surface area (Å²) in [7, 11) is 0. The Morgan fingerprint density at radius 3 is 1.77 bits per heavy atom. The maximum atomic E-state index is 12.7. The van der Waals surface area contributed by atoms with Crippen molar-refractivity contribution in [2.75, 3.05) is 0 Å². The van der Waals surface area contributed by atoms with E-state index in [1.165, 1.54) is 24.4 Å². The highest BCUT2D eigenvalue weighted by Crippen LogP contribution is 2.34.